The van der Waals surface area contributed by atoms with E-state index in [9.17, 15) is 5.21 Å². The Hall–Kier alpha value is -1.38. The monoisotopic (exact) mass is 121 g/mol. The Morgan fingerprint density at radius 1 is 1.44 bits per heavy atom. The Morgan fingerprint density at radius 2 is 2.00 bits per heavy atom. The van der Waals surface area contributed by atoms with Gasteiger partial charge in [-0.15, -0.1) is 0 Å². The summed E-state index contributed by atoms with van der Waals surface area (Å²) >= 11 is 0. The summed E-state index contributed by atoms with van der Waals surface area (Å²) in [6.07, 6.45) is 0. The van der Waals surface area contributed by atoms with E-state index < -0.39 is 0 Å². The Bertz CT molecular complexity index is 208. The molecule has 9 heavy (non-hydrogen) atoms. The van der Waals surface area contributed by atoms with Crippen LogP contribution in [0.15, 0.2) is 24.3 Å². The summed E-state index contributed by atoms with van der Waals surface area (Å²) in [6.45, 7) is 0. The average Bonchev–Trinajstić information content (AvgIpc) is 1.90. The van der Waals surface area contributed by atoms with Crippen molar-refractivity contribution >= 4 is 5.69 Å². The molecule has 1 aromatic carbocycles. The molecule has 0 bridgehead atoms. The van der Waals surface area contributed by atoms with Gasteiger partial charge in [-0.3, -0.25) is 0 Å². The first kappa shape index (κ1) is 5.75. The van der Waals surface area contributed by atoms with E-state index in [4.69, 9.17) is 5.53 Å². The number of benzene rings is 1. The van der Waals surface area contributed by atoms with E-state index in [1.165, 1.54) is 12.1 Å². The van der Waals surface area contributed by atoms with Gasteiger partial charge < -0.3 is 5.21 Å². The summed E-state index contributed by atoms with van der Waals surface area (Å²) in [5.41, 5.74) is 6.91. The van der Waals surface area contributed by atoms with Crippen LogP contribution in [-0.2, 0) is 0 Å². The summed E-state index contributed by atoms with van der Waals surface area (Å²) < 4.78 is 0. The Labute approximate surface area is 52.6 Å². The zero-order valence-electron chi connectivity index (χ0n) is 4.66. The van der Waals surface area contributed by atoms with Crippen LogP contribution in [0.4, 0.5) is 5.69 Å². The van der Waals surface area contributed by atoms with E-state index in [2.05, 4.69) is 6.07 Å². The van der Waals surface area contributed by atoms with Gasteiger partial charge in [-0.25, -0.2) is 0 Å². The number of rotatable bonds is 1. The third-order valence-electron chi connectivity index (χ3n) is 0.935. The molecular weight excluding hydrogens is 116 g/mol. The second kappa shape index (κ2) is 2.26. The number of nitrogens with zero attached hydrogens (tertiary/aromatic N) is 1. The van der Waals surface area contributed by atoms with E-state index in [0.29, 0.717) is 5.69 Å². The molecule has 1 radical (unpaired) electrons. The molecule has 1 rings (SSSR count). The van der Waals surface area contributed by atoms with Gasteiger partial charge in [0.05, 0.1) is 0 Å². The highest BCUT2D eigenvalue weighted by atomic mass is 16.5. The fourth-order valence-corrected chi connectivity index (χ4v) is 0.513. The maximum atomic E-state index is 10.2. The van der Waals surface area contributed by atoms with Gasteiger partial charge >= 0.3 is 0 Å². The maximum absolute atomic E-state index is 10.2. The molecule has 0 amide bonds. The van der Waals surface area contributed by atoms with E-state index in [-0.39, 0.29) is 4.86 Å². The molecule has 0 atom stereocenters. The van der Waals surface area contributed by atoms with Gasteiger partial charge in [0.25, 0.3) is 0 Å². The van der Waals surface area contributed by atoms with Gasteiger partial charge in [0.15, 0.2) is 0 Å². The van der Waals surface area contributed by atoms with E-state index in [1.807, 2.05) is 0 Å². The van der Waals surface area contributed by atoms with Crippen molar-refractivity contribution in [1.29, 1.82) is 5.53 Å². The predicted octanol–water partition coefficient (Wildman–Crippen LogP) is 1.66. The zero-order chi connectivity index (χ0) is 6.69. The lowest BCUT2D eigenvalue weighted by atomic mass is 10.3. The minimum absolute atomic E-state index is 0.0633. The van der Waals surface area contributed by atoms with Crippen LogP contribution in [0.25, 0.3) is 0 Å². The molecule has 3 nitrogen and oxygen atoms in total. The summed E-state index contributed by atoms with van der Waals surface area (Å²) in [4.78, 5) is 0.0633. The average molecular weight is 121 g/mol. The third-order valence-corrected chi connectivity index (χ3v) is 0.935. The van der Waals surface area contributed by atoms with Crippen LogP contribution in [0.3, 0.4) is 0 Å². The molecule has 0 heterocycles. The second-order valence-corrected chi connectivity index (χ2v) is 1.55. The van der Waals surface area contributed by atoms with Crippen LogP contribution in [0.2, 0.25) is 0 Å². The van der Waals surface area contributed by atoms with Gasteiger partial charge in [0.2, 0.25) is 5.69 Å². The molecule has 0 saturated carbocycles. The standard InChI is InChI=1S/C6H5N2O/c7-8(9)6-4-2-1-3-5-6/h2-5,7H. The lowest BCUT2D eigenvalue weighted by molar-refractivity contribution is -0.465. The first-order chi connectivity index (χ1) is 4.30. The largest absolute Gasteiger partial charge is 0.594 e. The molecule has 0 spiro atoms. The Kier molecular flexibility index (Phi) is 1.44. The molecule has 0 fully saturated rings. The fourth-order valence-electron chi connectivity index (χ4n) is 0.513. The number of nitrogens with one attached hydrogen (secondary N) is 1. The SMILES string of the molecule is N=[N+]([O-])c1cc[c]cc1. The van der Waals surface area contributed by atoms with Crippen LogP contribution in [0, 0.1) is 16.8 Å². The predicted molar refractivity (Wildman–Crippen MR) is 31.3 cm³/mol. The van der Waals surface area contributed by atoms with Crippen molar-refractivity contribution in [2.24, 2.45) is 0 Å². The summed E-state index contributed by atoms with van der Waals surface area (Å²) in [7, 11) is 0. The Morgan fingerprint density at radius 3 is 2.33 bits per heavy atom. The first-order valence-electron chi connectivity index (χ1n) is 2.45. The topological polar surface area (TPSA) is 49.9 Å². The molecule has 0 saturated heterocycles. The highest BCUT2D eigenvalue weighted by Gasteiger charge is 1.94. The van der Waals surface area contributed by atoms with Crippen molar-refractivity contribution in [2.75, 3.05) is 0 Å². The van der Waals surface area contributed by atoms with Gasteiger partial charge in [-0.2, -0.15) is 0 Å². The van der Waals surface area contributed by atoms with Crippen LogP contribution in [0.5, 0.6) is 0 Å². The van der Waals surface area contributed by atoms with Gasteiger partial charge in [-0.1, -0.05) is 4.86 Å². The summed E-state index contributed by atoms with van der Waals surface area (Å²) in [6, 6.07) is 8.98. The molecule has 0 unspecified atom stereocenters. The third kappa shape index (κ3) is 1.25. The molecule has 0 aliphatic carbocycles. The molecule has 45 valence electrons. The minimum Gasteiger partial charge on any atom is -0.594 e. The van der Waals surface area contributed by atoms with Crippen molar-refractivity contribution in [2.45, 2.75) is 0 Å². The number of hydrogen-bond donors (Lipinski definition) is 1. The second-order valence-electron chi connectivity index (χ2n) is 1.55. The van der Waals surface area contributed by atoms with Crippen LogP contribution < -0.4 is 0 Å². The van der Waals surface area contributed by atoms with Gasteiger partial charge in [-0.05, 0) is 23.7 Å². The summed E-state index contributed by atoms with van der Waals surface area (Å²) in [5.74, 6) is 0. The summed E-state index contributed by atoms with van der Waals surface area (Å²) in [5, 5.41) is 10.2. The molecule has 0 aliphatic heterocycles. The molecule has 0 aromatic heterocycles. The van der Waals surface area contributed by atoms with Crippen molar-refractivity contribution in [3.63, 3.8) is 0 Å². The van der Waals surface area contributed by atoms with Crippen molar-refractivity contribution in [3.05, 3.63) is 35.5 Å². The molecule has 0 aliphatic rings. The highest BCUT2D eigenvalue weighted by Crippen LogP contribution is 2.06. The Balaban J connectivity index is 2.98. The maximum Gasteiger partial charge on any atom is 0.244 e. The number of hydrogen-bond acceptors (Lipinski definition) is 2. The molecule has 3 heteroatoms. The van der Waals surface area contributed by atoms with Crippen LogP contribution >= 0.6 is 0 Å². The van der Waals surface area contributed by atoms with E-state index in [0.717, 1.165) is 0 Å². The molecule has 1 aromatic rings. The van der Waals surface area contributed by atoms with Crippen LogP contribution in [0.1, 0.15) is 0 Å². The van der Waals surface area contributed by atoms with Crippen molar-refractivity contribution < 1.29 is 4.86 Å². The fraction of sp³-hybridized carbons (Fsp3) is 0. The van der Waals surface area contributed by atoms with E-state index in [1.54, 1.807) is 12.1 Å². The molecule has 1 N–H and O–H groups in total. The van der Waals surface area contributed by atoms with Gasteiger partial charge in [0, 0.05) is 12.1 Å². The van der Waals surface area contributed by atoms with Crippen LogP contribution in [-0.4, -0.2) is 4.86 Å². The van der Waals surface area contributed by atoms with Gasteiger partial charge in [0.1, 0.15) is 0 Å². The smallest absolute Gasteiger partial charge is 0.244 e. The quantitative estimate of drug-likeness (QED) is 0.343. The normalized spacial score (nSPS) is 8.89. The van der Waals surface area contributed by atoms with Crippen molar-refractivity contribution in [3.8, 4) is 0 Å². The van der Waals surface area contributed by atoms with Crippen molar-refractivity contribution in [1.82, 2.24) is 0 Å². The molecular formula is C6H5N2O. The highest BCUT2D eigenvalue weighted by molar-refractivity contribution is 5.27. The minimum atomic E-state index is 0.0633. The lowest BCUT2D eigenvalue weighted by Crippen LogP contribution is -1.84. The first-order valence-corrected chi connectivity index (χ1v) is 2.45. The lowest BCUT2D eigenvalue weighted by Gasteiger charge is -1.92. The zero-order valence-corrected chi connectivity index (χ0v) is 4.66. The van der Waals surface area contributed by atoms with E-state index >= 15 is 0 Å².